The van der Waals surface area contributed by atoms with Crippen molar-refractivity contribution in [1.29, 1.82) is 0 Å². The number of hydrogen-bond donors (Lipinski definition) is 0. The largest absolute Gasteiger partial charge is 0.290 e. The molecular weight excluding hydrogens is 134 g/mol. The molecule has 0 aromatic rings. The fourth-order valence-electron chi connectivity index (χ4n) is 1.07. The highest BCUT2D eigenvalue weighted by Crippen LogP contribution is 2.01. The van der Waals surface area contributed by atoms with E-state index in [9.17, 15) is 0 Å². The van der Waals surface area contributed by atoms with Gasteiger partial charge in [-0.3, -0.25) is 4.90 Å². The average molecular weight is 149 g/mol. The fraction of sp³-hybridized carbons (Fsp3) is 0.600. The van der Waals surface area contributed by atoms with E-state index < -0.39 is 0 Å². The van der Waals surface area contributed by atoms with Crippen LogP contribution in [0.2, 0.25) is 0 Å². The van der Waals surface area contributed by atoms with Crippen LogP contribution in [-0.2, 0) is 0 Å². The summed E-state index contributed by atoms with van der Waals surface area (Å²) in [4.78, 5) is 2.18. The van der Waals surface area contributed by atoms with Crippen molar-refractivity contribution in [1.82, 2.24) is 4.90 Å². The van der Waals surface area contributed by atoms with E-state index in [1.54, 1.807) is 0 Å². The maximum absolute atomic E-state index is 5.32. The molecule has 0 saturated heterocycles. The minimum absolute atomic E-state index is 0.120. The minimum Gasteiger partial charge on any atom is -0.290 e. The molecule has 0 bridgehead atoms. The second-order valence-corrected chi connectivity index (χ2v) is 2.31. The molecule has 0 rings (SSSR count). The predicted octanol–water partition coefficient (Wildman–Crippen LogP) is 1.35. The molecular formula is C10H15N. The van der Waals surface area contributed by atoms with Crippen LogP contribution in [0.5, 0.6) is 0 Å². The molecule has 0 fully saturated rings. The van der Waals surface area contributed by atoms with Gasteiger partial charge in [-0.25, -0.2) is 0 Å². The Bertz CT molecular complexity index is 166. The Morgan fingerprint density at radius 2 is 1.82 bits per heavy atom. The van der Waals surface area contributed by atoms with Crippen molar-refractivity contribution in [3.05, 3.63) is 0 Å². The molecule has 0 aromatic heterocycles. The molecule has 0 aliphatic carbocycles. The smallest absolute Gasteiger partial charge is 0.0822 e. The van der Waals surface area contributed by atoms with Crippen molar-refractivity contribution in [2.45, 2.75) is 26.3 Å². The number of rotatable bonds is 4. The van der Waals surface area contributed by atoms with Crippen LogP contribution in [0.15, 0.2) is 0 Å². The summed E-state index contributed by atoms with van der Waals surface area (Å²) in [6, 6.07) is 0.120. The van der Waals surface area contributed by atoms with Gasteiger partial charge in [0.05, 0.1) is 6.04 Å². The van der Waals surface area contributed by atoms with Crippen LogP contribution in [0.4, 0.5) is 0 Å². The van der Waals surface area contributed by atoms with Gasteiger partial charge in [-0.15, -0.1) is 18.8 Å². The third-order valence-electron chi connectivity index (χ3n) is 1.76. The van der Waals surface area contributed by atoms with Crippen LogP contribution in [0.3, 0.4) is 0 Å². The Labute approximate surface area is 69.8 Å². The Morgan fingerprint density at radius 1 is 1.27 bits per heavy atom. The van der Waals surface area contributed by atoms with Crippen molar-refractivity contribution in [3.63, 3.8) is 0 Å². The van der Waals surface area contributed by atoms with Gasteiger partial charge in [-0.2, -0.15) is 0 Å². The molecule has 0 amide bonds. The lowest BCUT2D eigenvalue weighted by Crippen LogP contribution is -2.33. The molecule has 1 heteroatoms. The lowest BCUT2D eigenvalue weighted by Gasteiger charge is -2.23. The van der Waals surface area contributed by atoms with Gasteiger partial charge >= 0.3 is 0 Å². The van der Waals surface area contributed by atoms with Gasteiger partial charge in [0, 0.05) is 6.42 Å². The molecule has 1 unspecified atom stereocenters. The average Bonchev–Trinajstić information content (AvgIpc) is 2.05. The second kappa shape index (κ2) is 5.83. The normalized spacial score (nSPS) is 12.1. The topological polar surface area (TPSA) is 3.24 Å². The number of hydrogen-bond acceptors (Lipinski definition) is 1. The highest BCUT2D eigenvalue weighted by Gasteiger charge is 2.09. The zero-order valence-electron chi connectivity index (χ0n) is 7.30. The van der Waals surface area contributed by atoms with Crippen LogP contribution in [0, 0.1) is 24.7 Å². The Balaban J connectivity index is 4.03. The summed E-state index contributed by atoms with van der Waals surface area (Å²) in [6.45, 7) is 6.11. The Kier molecular flexibility index (Phi) is 5.35. The molecule has 0 aliphatic rings. The SMILES string of the molecule is C#CCC(C#C)N(CC)CC. The first-order chi connectivity index (χ1) is 5.29. The summed E-state index contributed by atoms with van der Waals surface area (Å²) in [6.07, 6.45) is 11.2. The summed E-state index contributed by atoms with van der Waals surface area (Å²) < 4.78 is 0. The van der Waals surface area contributed by atoms with E-state index in [-0.39, 0.29) is 6.04 Å². The molecule has 1 atom stereocenters. The van der Waals surface area contributed by atoms with E-state index in [1.165, 1.54) is 0 Å². The first kappa shape index (κ1) is 10.1. The quantitative estimate of drug-likeness (QED) is 0.545. The lowest BCUT2D eigenvalue weighted by atomic mass is 10.2. The standard InChI is InChI=1S/C10H15N/c1-5-9-10(6-2)11(7-3)8-4/h1-2,10H,7-9H2,3-4H3. The highest BCUT2D eigenvalue weighted by atomic mass is 15.1. The van der Waals surface area contributed by atoms with E-state index >= 15 is 0 Å². The molecule has 1 nitrogen and oxygen atoms in total. The maximum atomic E-state index is 5.32. The van der Waals surface area contributed by atoms with E-state index in [0.29, 0.717) is 6.42 Å². The maximum Gasteiger partial charge on any atom is 0.0822 e. The summed E-state index contributed by atoms with van der Waals surface area (Å²) in [5, 5.41) is 0. The van der Waals surface area contributed by atoms with Crippen molar-refractivity contribution >= 4 is 0 Å². The lowest BCUT2D eigenvalue weighted by molar-refractivity contribution is 0.264. The molecule has 0 N–H and O–H groups in total. The van der Waals surface area contributed by atoms with E-state index in [0.717, 1.165) is 13.1 Å². The Morgan fingerprint density at radius 3 is 2.09 bits per heavy atom. The predicted molar refractivity (Wildman–Crippen MR) is 49.0 cm³/mol. The van der Waals surface area contributed by atoms with Gasteiger partial charge in [0.1, 0.15) is 0 Å². The number of nitrogens with zero attached hydrogens (tertiary/aromatic N) is 1. The van der Waals surface area contributed by atoms with Crippen LogP contribution in [0.1, 0.15) is 20.3 Å². The van der Waals surface area contributed by atoms with Gasteiger partial charge < -0.3 is 0 Å². The third-order valence-corrected chi connectivity index (χ3v) is 1.76. The van der Waals surface area contributed by atoms with Gasteiger partial charge in [0.2, 0.25) is 0 Å². The van der Waals surface area contributed by atoms with E-state index in [1.807, 2.05) is 0 Å². The minimum atomic E-state index is 0.120. The van der Waals surface area contributed by atoms with E-state index in [4.69, 9.17) is 12.8 Å². The summed E-state index contributed by atoms with van der Waals surface area (Å²) in [5.41, 5.74) is 0. The van der Waals surface area contributed by atoms with Gasteiger partial charge in [-0.05, 0) is 13.1 Å². The second-order valence-electron chi connectivity index (χ2n) is 2.31. The fourth-order valence-corrected chi connectivity index (χ4v) is 1.07. The molecule has 0 spiro atoms. The molecule has 0 heterocycles. The van der Waals surface area contributed by atoms with Crippen LogP contribution in [-0.4, -0.2) is 24.0 Å². The first-order valence-corrected chi connectivity index (χ1v) is 3.93. The zero-order valence-corrected chi connectivity index (χ0v) is 7.30. The highest BCUT2D eigenvalue weighted by molar-refractivity contribution is 5.05. The molecule has 0 radical (unpaired) electrons. The van der Waals surface area contributed by atoms with Gasteiger partial charge in [0.25, 0.3) is 0 Å². The summed E-state index contributed by atoms with van der Waals surface area (Å²) in [7, 11) is 0. The first-order valence-electron chi connectivity index (χ1n) is 3.93. The van der Waals surface area contributed by atoms with Crippen LogP contribution >= 0.6 is 0 Å². The molecule has 60 valence electrons. The molecule has 0 aliphatic heterocycles. The van der Waals surface area contributed by atoms with Gasteiger partial charge in [0.15, 0.2) is 0 Å². The van der Waals surface area contributed by atoms with E-state index in [2.05, 4.69) is 30.6 Å². The molecule has 11 heavy (non-hydrogen) atoms. The molecule has 0 saturated carbocycles. The van der Waals surface area contributed by atoms with Crippen molar-refractivity contribution in [2.75, 3.05) is 13.1 Å². The monoisotopic (exact) mass is 149 g/mol. The van der Waals surface area contributed by atoms with Crippen molar-refractivity contribution < 1.29 is 0 Å². The zero-order chi connectivity index (χ0) is 8.69. The van der Waals surface area contributed by atoms with Crippen LogP contribution < -0.4 is 0 Å². The summed E-state index contributed by atoms with van der Waals surface area (Å²) >= 11 is 0. The third kappa shape index (κ3) is 3.12. The Hall–Kier alpha value is -0.920. The van der Waals surface area contributed by atoms with Crippen molar-refractivity contribution in [2.24, 2.45) is 0 Å². The van der Waals surface area contributed by atoms with Crippen LogP contribution in [0.25, 0.3) is 0 Å². The van der Waals surface area contributed by atoms with Gasteiger partial charge in [-0.1, -0.05) is 19.8 Å². The number of terminal acetylenes is 2. The molecule has 0 aromatic carbocycles. The summed E-state index contributed by atoms with van der Waals surface area (Å²) in [5.74, 6) is 5.27. The van der Waals surface area contributed by atoms with Crippen molar-refractivity contribution in [3.8, 4) is 24.7 Å².